The first-order valence-electron chi connectivity index (χ1n) is 6.44. The number of hydrogen-bond acceptors (Lipinski definition) is 3. The number of methoxy groups -OCH3 is 1. The quantitative estimate of drug-likeness (QED) is 0.669. The Morgan fingerprint density at radius 1 is 1.15 bits per heavy atom. The Bertz CT molecular complexity index is 613. The molecule has 20 heavy (non-hydrogen) atoms. The molecular weight excluding hydrogens is 272 g/mol. The number of ether oxygens (including phenoxy) is 1. The van der Waals surface area contributed by atoms with Crippen molar-refractivity contribution in [3.8, 4) is 5.75 Å². The summed E-state index contributed by atoms with van der Waals surface area (Å²) in [5, 5.41) is 0.721. The molecule has 0 aliphatic heterocycles. The molecular formula is C16H19ClN2O. The van der Waals surface area contributed by atoms with Crippen LogP contribution in [0.4, 0.5) is 0 Å². The summed E-state index contributed by atoms with van der Waals surface area (Å²) in [5.41, 5.74) is 6.92. The molecule has 0 aliphatic rings. The highest BCUT2D eigenvalue weighted by atomic mass is 35.5. The van der Waals surface area contributed by atoms with Crippen LogP contribution < -0.4 is 16.0 Å². The first-order chi connectivity index (χ1) is 9.58. The van der Waals surface area contributed by atoms with Crippen molar-refractivity contribution >= 4 is 11.6 Å². The molecule has 3 nitrogen and oxygen atoms in total. The third kappa shape index (κ3) is 2.80. The summed E-state index contributed by atoms with van der Waals surface area (Å²) >= 11 is 6.42. The molecule has 0 bridgehead atoms. The van der Waals surface area contributed by atoms with E-state index in [0.29, 0.717) is 0 Å². The fraction of sp³-hybridized carbons (Fsp3) is 0.250. The summed E-state index contributed by atoms with van der Waals surface area (Å²) in [6.45, 7) is 4.02. The summed E-state index contributed by atoms with van der Waals surface area (Å²) in [6, 6.07) is 11.7. The van der Waals surface area contributed by atoms with Crippen LogP contribution in [-0.4, -0.2) is 7.11 Å². The normalized spacial score (nSPS) is 12.2. The minimum absolute atomic E-state index is 0.211. The van der Waals surface area contributed by atoms with E-state index in [4.69, 9.17) is 22.2 Å². The Balaban J connectivity index is 2.58. The summed E-state index contributed by atoms with van der Waals surface area (Å²) in [4.78, 5) is 0. The lowest BCUT2D eigenvalue weighted by atomic mass is 9.95. The second-order valence-corrected chi connectivity index (χ2v) is 5.20. The van der Waals surface area contributed by atoms with E-state index in [1.165, 1.54) is 0 Å². The van der Waals surface area contributed by atoms with Crippen LogP contribution in [0.3, 0.4) is 0 Å². The smallest absolute Gasteiger partial charge is 0.124 e. The Hall–Kier alpha value is -1.55. The molecule has 0 fully saturated rings. The first-order valence-corrected chi connectivity index (χ1v) is 6.82. The lowest BCUT2D eigenvalue weighted by Gasteiger charge is -2.21. The second-order valence-electron chi connectivity index (χ2n) is 4.82. The van der Waals surface area contributed by atoms with E-state index in [2.05, 4.69) is 11.5 Å². The van der Waals surface area contributed by atoms with Crippen molar-refractivity contribution in [3.05, 3.63) is 63.7 Å². The number of nitrogens with one attached hydrogen (secondary N) is 1. The number of aryl methyl sites for hydroxylation is 2. The van der Waals surface area contributed by atoms with Crippen LogP contribution in [0.5, 0.6) is 5.75 Å². The molecule has 0 radical (unpaired) electrons. The zero-order valence-electron chi connectivity index (χ0n) is 11.9. The van der Waals surface area contributed by atoms with Gasteiger partial charge in [-0.3, -0.25) is 5.84 Å². The molecule has 0 spiro atoms. The monoisotopic (exact) mass is 290 g/mol. The first kappa shape index (κ1) is 14.9. The average molecular weight is 291 g/mol. The molecule has 1 unspecified atom stereocenters. The van der Waals surface area contributed by atoms with Gasteiger partial charge < -0.3 is 4.74 Å². The molecule has 2 aromatic carbocycles. The largest absolute Gasteiger partial charge is 0.496 e. The molecule has 0 saturated carbocycles. The summed E-state index contributed by atoms with van der Waals surface area (Å²) in [5.74, 6) is 6.55. The van der Waals surface area contributed by atoms with E-state index < -0.39 is 0 Å². The summed E-state index contributed by atoms with van der Waals surface area (Å²) < 4.78 is 5.44. The molecule has 3 N–H and O–H groups in total. The highest BCUT2D eigenvalue weighted by Gasteiger charge is 2.20. The van der Waals surface area contributed by atoms with Gasteiger partial charge in [-0.1, -0.05) is 47.5 Å². The molecule has 0 aromatic heterocycles. The standard InChI is InChI=1S/C16H19ClN2O/c1-10-7-8-14(20-3)13(9-10)16(19-18)12-6-4-5-11(2)15(12)17/h4-9,16,19H,18H2,1-3H3. The van der Waals surface area contributed by atoms with Gasteiger partial charge in [0.25, 0.3) is 0 Å². The second kappa shape index (κ2) is 6.27. The molecule has 2 aromatic rings. The predicted octanol–water partition coefficient (Wildman–Crippen LogP) is 3.52. The van der Waals surface area contributed by atoms with E-state index in [1.54, 1.807) is 7.11 Å². The Morgan fingerprint density at radius 3 is 2.55 bits per heavy atom. The maximum Gasteiger partial charge on any atom is 0.124 e. The zero-order valence-corrected chi connectivity index (χ0v) is 12.7. The van der Waals surface area contributed by atoms with Gasteiger partial charge in [0.1, 0.15) is 5.75 Å². The molecule has 1 atom stereocenters. The fourth-order valence-corrected chi connectivity index (χ4v) is 2.55. The molecule has 0 heterocycles. The Labute approximate surface area is 124 Å². The van der Waals surface area contributed by atoms with E-state index in [0.717, 1.165) is 33.0 Å². The van der Waals surface area contributed by atoms with Gasteiger partial charge in [-0.15, -0.1) is 0 Å². The number of halogens is 1. The van der Waals surface area contributed by atoms with Crippen LogP contribution in [0, 0.1) is 13.8 Å². The molecule has 0 saturated heterocycles. The van der Waals surface area contributed by atoms with Crippen molar-refractivity contribution in [2.45, 2.75) is 19.9 Å². The van der Waals surface area contributed by atoms with Crippen molar-refractivity contribution in [1.82, 2.24) is 5.43 Å². The van der Waals surface area contributed by atoms with Gasteiger partial charge >= 0.3 is 0 Å². The van der Waals surface area contributed by atoms with Crippen molar-refractivity contribution in [1.29, 1.82) is 0 Å². The molecule has 106 valence electrons. The minimum Gasteiger partial charge on any atom is -0.496 e. The van der Waals surface area contributed by atoms with Gasteiger partial charge in [-0.25, -0.2) is 5.43 Å². The van der Waals surface area contributed by atoms with Gasteiger partial charge in [0.2, 0.25) is 0 Å². The van der Waals surface area contributed by atoms with Gasteiger partial charge in [-0.05, 0) is 31.0 Å². The van der Waals surface area contributed by atoms with Crippen molar-refractivity contribution < 1.29 is 4.74 Å². The number of rotatable bonds is 4. The van der Waals surface area contributed by atoms with Gasteiger partial charge in [0.05, 0.1) is 13.2 Å². The molecule has 2 rings (SSSR count). The lowest BCUT2D eigenvalue weighted by molar-refractivity contribution is 0.404. The van der Waals surface area contributed by atoms with Crippen LogP contribution in [0.15, 0.2) is 36.4 Å². The van der Waals surface area contributed by atoms with E-state index in [9.17, 15) is 0 Å². The van der Waals surface area contributed by atoms with Gasteiger partial charge in [-0.2, -0.15) is 0 Å². The van der Waals surface area contributed by atoms with Crippen LogP contribution in [0.25, 0.3) is 0 Å². The third-order valence-electron chi connectivity index (χ3n) is 3.40. The van der Waals surface area contributed by atoms with E-state index in [1.807, 2.05) is 44.2 Å². The van der Waals surface area contributed by atoms with Crippen LogP contribution >= 0.6 is 11.6 Å². The number of benzene rings is 2. The number of hydrazine groups is 1. The third-order valence-corrected chi connectivity index (χ3v) is 3.91. The molecule has 4 heteroatoms. The average Bonchev–Trinajstić information content (AvgIpc) is 2.44. The van der Waals surface area contributed by atoms with Crippen molar-refractivity contribution in [2.75, 3.05) is 7.11 Å². The van der Waals surface area contributed by atoms with Crippen LogP contribution in [-0.2, 0) is 0 Å². The molecule has 0 aliphatic carbocycles. The van der Waals surface area contributed by atoms with Crippen LogP contribution in [0.2, 0.25) is 5.02 Å². The number of hydrogen-bond donors (Lipinski definition) is 2. The number of nitrogens with two attached hydrogens (primary N) is 1. The summed E-state index contributed by atoms with van der Waals surface area (Å²) in [7, 11) is 1.65. The van der Waals surface area contributed by atoms with Gasteiger partial charge in [0.15, 0.2) is 0 Å². The maximum absolute atomic E-state index is 6.42. The zero-order chi connectivity index (χ0) is 14.7. The topological polar surface area (TPSA) is 47.3 Å². The maximum atomic E-state index is 6.42. The van der Waals surface area contributed by atoms with E-state index >= 15 is 0 Å². The van der Waals surface area contributed by atoms with Gasteiger partial charge in [0, 0.05) is 10.6 Å². The van der Waals surface area contributed by atoms with Crippen molar-refractivity contribution in [2.24, 2.45) is 5.84 Å². The summed E-state index contributed by atoms with van der Waals surface area (Å²) in [6.07, 6.45) is 0. The Kier molecular flexibility index (Phi) is 4.65. The van der Waals surface area contributed by atoms with Crippen LogP contribution in [0.1, 0.15) is 28.3 Å². The van der Waals surface area contributed by atoms with Crippen molar-refractivity contribution in [3.63, 3.8) is 0 Å². The molecule has 0 amide bonds. The highest BCUT2D eigenvalue weighted by molar-refractivity contribution is 6.32. The minimum atomic E-state index is -0.211. The fourth-order valence-electron chi connectivity index (χ4n) is 2.32. The van der Waals surface area contributed by atoms with E-state index in [-0.39, 0.29) is 6.04 Å². The predicted molar refractivity (Wildman–Crippen MR) is 83.1 cm³/mol. The Morgan fingerprint density at radius 2 is 1.90 bits per heavy atom. The highest BCUT2D eigenvalue weighted by Crippen LogP contribution is 2.34. The lowest BCUT2D eigenvalue weighted by Crippen LogP contribution is -2.29. The SMILES string of the molecule is COc1ccc(C)cc1C(NN)c1cccc(C)c1Cl.